The summed E-state index contributed by atoms with van der Waals surface area (Å²) < 4.78 is 5.54. The lowest BCUT2D eigenvalue weighted by Gasteiger charge is -2.33. The topological polar surface area (TPSA) is 66.8 Å². The molecule has 20 heavy (non-hydrogen) atoms. The van der Waals surface area contributed by atoms with Gasteiger partial charge in [0.25, 0.3) is 0 Å². The van der Waals surface area contributed by atoms with Crippen molar-refractivity contribution in [1.82, 2.24) is 0 Å². The van der Waals surface area contributed by atoms with Crippen molar-refractivity contribution in [3.05, 3.63) is 28.8 Å². The highest BCUT2D eigenvalue weighted by atomic mass is 32.2. The first-order chi connectivity index (χ1) is 9.56. The van der Waals surface area contributed by atoms with Gasteiger partial charge in [-0.15, -0.1) is 0 Å². The summed E-state index contributed by atoms with van der Waals surface area (Å²) in [5, 5.41) is 20.1. The SMILES string of the molecule is Cc1ccc2c(c1C(=O)O)OB(O)[C@@H](SC1CCC1)C2. The molecule has 1 heterocycles. The predicted molar refractivity (Wildman–Crippen MR) is 79.5 cm³/mol. The van der Waals surface area contributed by atoms with E-state index in [1.54, 1.807) is 18.7 Å². The molecule has 3 rings (SSSR count). The van der Waals surface area contributed by atoms with Crippen molar-refractivity contribution in [2.24, 2.45) is 0 Å². The average Bonchev–Trinajstić information content (AvgIpc) is 2.33. The van der Waals surface area contributed by atoms with Crippen LogP contribution in [0.3, 0.4) is 0 Å². The molecule has 2 aliphatic rings. The van der Waals surface area contributed by atoms with Gasteiger partial charge in [-0.05, 0) is 37.3 Å². The molecule has 2 N–H and O–H groups in total. The van der Waals surface area contributed by atoms with Crippen LogP contribution in [0.25, 0.3) is 0 Å². The quantitative estimate of drug-likeness (QED) is 0.837. The Morgan fingerprint density at radius 3 is 2.80 bits per heavy atom. The van der Waals surface area contributed by atoms with E-state index < -0.39 is 13.1 Å². The Hall–Kier alpha value is -1.14. The third-order valence-electron chi connectivity index (χ3n) is 4.06. The highest BCUT2D eigenvalue weighted by Gasteiger charge is 2.39. The van der Waals surface area contributed by atoms with Gasteiger partial charge in [0.2, 0.25) is 0 Å². The van der Waals surface area contributed by atoms with Crippen LogP contribution in [0.5, 0.6) is 5.75 Å². The van der Waals surface area contributed by atoms with Gasteiger partial charge in [-0.1, -0.05) is 18.6 Å². The van der Waals surface area contributed by atoms with Crippen molar-refractivity contribution < 1.29 is 19.6 Å². The van der Waals surface area contributed by atoms with Crippen LogP contribution in [0.2, 0.25) is 0 Å². The molecule has 6 heteroatoms. The van der Waals surface area contributed by atoms with E-state index in [1.807, 2.05) is 12.1 Å². The number of benzene rings is 1. The summed E-state index contributed by atoms with van der Waals surface area (Å²) in [6, 6.07) is 3.73. The summed E-state index contributed by atoms with van der Waals surface area (Å²) in [6.45, 7) is 1.74. The lowest BCUT2D eigenvalue weighted by atomic mass is 9.77. The van der Waals surface area contributed by atoms with Crippen LogP contribution >= 0.6 is 11.8 Å². The highest BCUT2D eigenvalue weighted by Crippen LogP contribution is 2.40. The Labute approximate surface area is 122 Å². The van der Waals surface area contributed by atoms with E-state index in [1.165, 1.54) is 19.3 Å². The Kier molecular flexibility index (Phi) is 3.69. The zero-order chi connectivity index (χ0) is 14.3. The Morgan fingerprint density at radius 2 is 2.20 bits per heavy atom. The van der Waals surface area contributed by atoms with Gasteiger partial charge in [-0.2, -0.15) is 11.8 Å². The summed E-state index contributed by atoms with van der Waals surface area (Å²) in [7, 11) is -0.923. The third-order valence-corrected chi connectivity index (χ3v) is 5.66. The van der Waals surface area contributed by atoms with E-state index in [2.05, 4.69) is 0 Å². The molecule has 0 bridgehead atoms. The molecule has 1 aromatic carbocycles. The molecule has 0 saturated heterocycles. The number of carboxylic acids is 1. The molecular formula is C14H17BO4S. The second kappa shape index (κ2) is 5.33. The molecule has 1 atom stereocenters. The van der Waals surface area contributed by atoms with Crippen LogP contribution in [0, 0.1) is 6.92 Å². The van der Waals surface area contributed by atoms with Crippen molar-refractivity contribution in [3.63, 3.8) is 0 Å². The first kappa shape index (κ1) is 13.8. The highest BCUT2D eigenvalue weighted by molar-refractivity contribution is 8.01. The van der Waals surface area contributed by atoms with Gasteiger partial charge in [0.15, 0.2) is 0 Å². The number of carboxylic acid groups (broad SMARTS) is 1. The lowest BCUT2D eigenvalue weighted by molar-refractivity contribution is 0.0693. The summed E-state index contributed by atoms with van der Waals surface area (Å²) in [6.07, 6.45) is 4.34. The van der Waals surface area contributed by atoms with Crippen LogP contribution in [0.4, 0.5) is 0 Å². The zero-order valence-electron chi connectivity index (χ0n) is 11.3. The van der Waals surface area contributed by atoms with Crippen molar-refractivity contribution >= 4 is 24.8 Å². The van der Waals surface area contributed by atoms with E-state index in [0.717, 1.165) is 5.56 Å². The van der Waals surface area contributed by atoms with E-state index in [4.69, 9.17) is 4.65 Å². The van der Waals surface area contributed by atoms with Crippen molar-refractivity contribution in [2.75, 3.05) is 0 Å². The number of aromatic carboxylic acids is 1. The standard InChI is InChI=1S/C14H17BO4S/c1-8-5-6-9-7-11(20-10-3-2-4-10)15(18)19-13(9)12(8)14(16)17/h5-6,10-11,18H,2-4,7H2,1H3,(H,16,17)/t11-/m0/s1. The van der Waals surface area contributed by atoms with Crippen LogP contribution in [-0.4, -0.2) is 33.6 Å². The molecule has 0 radical (unpaired) electrons. The molecule has 4 nitrogen and oxygen atoms in total. The first-order valence-electron chi connectivity index (χ1n) is 6.92. The molecule has 1 saturated carbocycles. The minimum Gasteiger partial charge on any atom is -0.535 e. The zero-order valence-corrected chi connectivity index (χ0v) is 12.2. The molecule has 0 unspecified atom stereocenters. The Morgan fingerprint density at radius 1 is 1.45 bits per heavy atom. The minimum atomic E-state index is -1.00. The third kappa shape index (κ3) is 2.42. The number of carbonyl (C=O) groups is 1. The predicted octanol–water partition coefficient (Wildman–Crippen LogP) is 2.30. The maximum atomic E-state index is 11.3. The molecule has 106 valence electrons. The number of thioether (sulfide) groups is 1. The van der Waals surface area contributed by atoms with Gasteiger partial charge in [-0.25, -0.2) is 4.79 Å². The number of fused-ring (bicyclic) bond motifs is 1. The maximum Gasteiger partial charge on any atom is 0.536 e. The van der Waals surface area contributed by atoms with Crippen molar-refractivity contribution in [1.29, 1.82) is 0 Å². The summed E-state index contributed by atoms with van der Waals surface area (Å²) in [5.74, 6) is -0.660. The molecular weight excluding hydrogens is 275 g/mol. The first-order valence-corrected chi connectivity index (χ1v) is 7.86. The summed E-state index contributed by atoms with van der Waals surface area (Å²) in [4.78, 5) is 11.3. The van der Waals surface area contributed by atoms with E-state index in [9.17, 15) is 14.9 Å². The number of hydrogen-bond donors (Lipinski definition) is 2. The van der Waals surface area contributed by atoms with E-state index in [-0.39, 0.29) is 10.7 Å². The average molecular weight is 292 g/mol. The molecule has 0 amide bonds. The number of hydrogen-bond acceptors (Lipinski definition) is 4. The molecule has 1 aliphatic heterocycles. The minimum absolute atomic E-state index is 0.00264. The van der Waals surface area contributed by atoms with Crippen LogP contribution < -0.4 is 4.65 Å². The Balaban J connectivity index is 1.87. The smallest absolute Gasteiger partial charge is 0.535 e. The fourth-order valence-electron chi connectivity index (χ4n) is 2.67. The molecule has 1 aliphatic carbocycles. The second-order valence-corrected chi connectivity index (χ2v) is 7.04. The van der Waals surface area contributed by atoms with Crippen LogP contribution in [0.1, 0.15) is 40.7 Å². The monoisotopic (exact) mass is 292 g/mol. The normalized spacial score (nSPS) is 21.9. The van der Waals surface area contributed by atoms with Crippen LogP contribution in [-0.2, 0) is 6.42 Å². The van der Waals surface area contributed by atoms with Gasteiger partial charge in [0, 0.05) is 5.25 Å². The Bertz CT molecular complexity index is 544. The van der Waals surface area contributed by atoms with Crippen LogP contribution in [0.15, 0.2) is 12.1 Å². The number of aryl methyl sites for hydroxylation is 1. The molecule has 0 aromatic heterocycles. The molecule has 1 aromatic rings. The second-order valence-electron chi connectivity index (χ2n) is 5.49. The molecule has 1 fully saturated rings. The van der Waals surface area contributed by atoms with Crippen molar-refractivity contribution in [2.45, 2.75) is 43.0 Å². The lowest BCUT2D eigenvalue weighted by Crippen LogP contribution is -2.42. The van der Waals surface area contributed by atoms with Gasteiger partial charge >= 0.3 is 13.1 Å². The number of rotatable bonds is 3. The fraction of sp³-hybridized carbons (Fsp3) is 0.500. The molecule has 0 spiro atoms. The van der Waals surface area contributed by atoms with Gasteiger partial charge < -0.3 is 14.8 Å². The van der Waals surface area contributed by atoms with Gasteiger partial charge in [-0.3, -0.25) is 0 Å². The largest absolute Gasteiger partial charge is 0.536 e. The summed E-state index contributed by atoms with van der Waals surface area (Å²) in [5.41, 5.74) is 1.72. The fourth-order valence-corrected chi connectivity index (χ4v) is 4.23. The van der Waals surface area contributed by atoms with Gasteiger partial charge in [0.05, 0.1) is 5.15 Å². The van der Waals surface area contributed by atoms with Crippen molar-refractivity contribution in [3.8, 4) is 5.75 Å². The summed E-state index contributed by atoms with van der Waals surface area (Å²) >= 11 is 1.78. The van der Waals surface area contributed by atoms with Gasteiger partial charge in [0.1, 0.15) is 11.3 Å². The van der Waals surface area contributed by atoms with E-state index in [0.29, 0.717) is 23.0 Å². The van der Waals surface area contributed by atoms with E-state index >= 15 is 0 Å². The maximum absolute atomic E-state index is 11.3.